The van der Waals surface area contributed by atoms with E-state index in [4.69, 9.17) is 0 Å². The highest BCUT2D eigenvalue weighted by atomic mass is 14.2. The van der Waals surface area contributed by atoms with Crippen molar-refractivity contribution in [3.8, 4) is 0 Å². The van der Waals surface area contributed by atoms with Crippen LogP contribution in [0.5, 0.6) is 0 Å². The van der Waals surface area contributed by atoms with Crippen molar-refractivity contribution in [1.82, 2.24) is 0 Å². The monoisotopic (exact) mass is 278 g/mol. The Morgan fingerprint density at radius 3 is 1.60 bits per heavy atom. The van der Waals surface area contributed by atoms with Crippen LogP contribution in [0.2, 0.25) is 11.6 Å². The first-order valence-corrected chi connectivity index (χ1v) is 8.93. The second kappa shape index (κ2) is 9.69. The van der Waals surface area contributed by atoms with Crippen LogP contribution in [0.4, 0.5) is 0 Å². The third-order valence-electron chi connectivity index (χ3n) is 5.23. The molecule has 0 amide bonds. The molecule has 0 radical (unpaired) electrons. The Balaban J connectivity index is 5.36. The van der Waals surface area contributed by atoms with Gasteiger partial charge in [-0.1, -0.05) is 105 Å². The van der Waals surface area contributed by atoms with Gasteiger partial charge >= 0.3 is 0 Å². The van der Waals surface area contributed by atoms with E-state index in [1.165, 1.54) is 19.3 Å². The van der Waals surface area contributed by atoms with Gasteiger partial charge < -0.3 is 0 Å². The summed E-state index contributed by atoms with van der Waals surface area (Å²) >= 11 is 0. The fraction of sp³-hybridized carbons (Fsp3) is 0.895. The van der Waals surface area contributed by atoms with Crippen LogP contribution in [0, 0.1) is 17.8 Å². The highest BCUT2D eigenvalue weighted by Crippen LogP contribution is 2.38. The lowest BCUT2D eigenvalue weighted by molar-refractivity contribution is 0.559. The summed E-state index contributed by atoms with van der Waals surface area (Å²) in [6.07, 6.45) is 6.47. The van der Waals surface area contributed by atoms with Crippen LogP contribution in [0.3, 0.4) is 0 Å². The van der Waals surface area contributed by atoms with Crippen LogP contribution in [0.15, 0.2) is 11.5 Å². The van der Waals surface area contributed by atoms with Crippen molar-refractivity contribution in [2.75, 3.05) is 0 Å². The molecule has 0 bridgehead atoms. The molecule has 0 N–H and O–H groups in total. The zero-order valence-electron chi connectivity index (χ0n) is 15.7. The Labute approximate surface area is 129 Å². The van der Waals surface area contributed by atoms with Gasteiger partial charge in [0.15, 0.2) is 6.71 Å². The van der Waals surface area contributed by atoms with E-state index in [0.29, 0.717) is 5.92 Å². The Kier molecular flexibility index (Phi) is 9.59. The molecule has 0 saturated heterocycles. The van der Waals surface area contributed by atoms with E-state index in [-0.39, 0.29) is 0 Å². The normalized spacial score (nSPS) is 16.1. The molecule has 20 heavy (non-hydrogen) atoms. The predicted octanol–water partition coefficient (Wildman–Crippen LogP) is 6.89. The van der Waals surface area contributed by atoms with E-state index < -0.39 is 0 Å². The van der Waals surface area contributed by atoms with Gasteiger partial charge in [-0.05, 0) is 12.3 Å². The summed E-state index contributed by atoms with van der Waals surface area (Å²) in [5, 5.41) is 0. The van der Waals surface area contributed by atoms with E-state index in [2.05, 4.69) is 68.4 Å². The quantitative estimate of drug-likeness (QED) is 0.318. The lowest BCUT2D eigenvalue weighted by atomic mass is 9.26. The first-order chi connectivity index (χ1) is 9.23. The van der Waals surface area contributed by atoms with Gasteiger partial charge in [0.05, 0.1) is 0 Å². The van der Waals surface area contributed by atoms with Crippen molar-refractivity contribution < 1.29 is 0 Å². The van der Waals surface area contributed by atoms with Crippen molar-refractivity contribution in [3.05, 3.63) is 11.5 Å². The van der Waals surface area contributed by atoms with Crippen molar-refractivity contribution in [1.29, 1.82) is 0 Å². The van der Waals surface area contributed by atoms with E-state index in [9.17, 15) is 0 Å². The lowest BCUT2D eigenvalue weighted by Crippen LogP contribution is -2.34. The Bertz CT molecular complexity index is 261. The molecule has 0 aromatic rings. The first kappa shape index (κ1) is 19.8. The fourth-order valence-electron chi connectivity index (χ4n) is 3.14. The molecule has 1 heteroatoms. The SMILES string of the molecule is CCCC/C=C(/B(C(C)C(C)C)C(C)C(C)C)C(C)C. The summed E-state index contributed by atoms with van der Waals surface area (Å²) in [6, 6.07) is 0. The standard InChI is InChI=1S/C19H39B/c1-10-11-12-13-19(16(6)7)20(17(8)14(2)3)18(9)15(4)5/h13-18H,10-12H2,1-9H3/b19-13+. The molecule has 2 unspecified atom stereocenters. The molecule has 0 rings (SSSR count). The smallest absolute Gasteiger partial charge is 0.102 e. The third kappa shape index (κ3) is 6.06. The minimum atomic E-state index is 0.680. The molecule has 0 aliphatic heterocycles. The van der Waals surface area contributed by atoms with Crippen LogP contribution in [0.1, 0.15) is 81.6 Å². The van der Waals surface area contributed by atoms with Crippen molar-refractivity contribution >= 4 is 6.71 Å². The van der Waals surface area contributed by atoms with Crippen molar-refractivity contribution in [3.63, 3.8) is 0 Å². The van der Waals surface area contributed by atoms with Gasteiger partial charge in [0, 0.05) is 0 Å². The number of allylic oxidation sites excluding steroid dienone is 2. The molecule has 0 saturated carbocycles. The Morgan fingerprint density at radius 1 is 0.850 bits per heavy atom. The van der Waals surface area contributed by atoms with Gasteiger partial charge in [-0.3, -0.25) is 0 Å². The zero-order valence-corrected chi connectivity index (χ0v) is 15.7. The maximum absolute atomic E-state index is 2.58. The molecular formula is C19H39B. The van der Waals surface area contributed by atoms with Gasteiger partial charge in [-0.2, -0.15) is 0 Å². The molecule has 0 fully saturated rings. The van der Waals surface area contributed by atoms with Gasteiger partial charge in [0.25, 0.3) is 0 Å². The fourth-order valence-corrected chi connectivity index (χ4v) is 3.14. The minimum absolute atomic E-state index is 0.680. The van der Waals surface area contributed by atoms with Crippen LogP contribution in [-0.4, -0.2) is 6.71 Å². The van der Waals surface area contributed by atoms with Crippen LogP contribution >= 0.6 is 0 Å². The number of rotatable bonds is 9. The second-order valence-corrected chi connectivity index (χ2v) is 7.73. The average Bonchev–Trinajstić information content (AvgIpc) is 2.36. The van der Waals surface area contributed by atoms with Crippen LogP contribution in [0.25, 0.3) is 0 Å². The van der Waals surface area contributed by atoms with E-state index in [1.54, 1.807) is 5.47 Å². The number of unbranched alkanes of at least 4 members (excludes halogenated alkanes) is 2. The number of hydrogen-bond donors (Lipinski definition) is 0. The summed E-state index contributed by atoms with van der Waals surface area (Å²) in [7, 11) is 0. The molecule has 0 aromatic heterocycles. The van der Waals surface area contributed by atoms with Crippen molar-refractivity contribution in [2.24, 2.45) is 17.8 Å². The van der Waals surface area contributed by atoms with Crippen LogP contribution in [-0.2, 0) is 0 Å². The van der Waals surface area contributed by atoms with Crippen LogP contribution < -0.4 is 0 Å². The van der Waals surface area contributed by atoms with E-state index in [1.807, 2.05) is 0 Å². The lowest BCUT2D eigenvalue weighted by Gasteiger charge is -2.35. The second-order valence-electron chi connectivity index (χ2n) is 7.73. The van der Waals surface area contributed by atoms with Gasteiger partial charge in [0.1, 0.15) is 0 Å². The summed E-state index contributed by atoms with van der Waals surface area (Å²) in [4.78, 5) is 0. The van der Waals surface area contributed by atoms with E-state index >= 15 is 0 Å². The predicted molar refractivity (Wildman–Crippen MR) is 96.7 cm³/mol. The van der Waals surface area contributed by atoms with E-state index in [0.717, 1.165) is 30.2 Å². The largest absolute Gasteiger partial charge is 0.176 e. The van der Waals surface area contributed by atoms with Gasteiger partial charge in [0.2, 0.25) is 0 Å². The summed E-state index contributed by atoms with van der Waals surface area (Å²) in [5.74, 6) is 3.73. The summed E-state index contributed by atoms with van der Waals surface area (Å²) < 4.78 is 0. The molecule has 118 valence electrons. The Morgan fingerprint density at radius 2 is 1.30 bits per heavy atom. The highest BCUT2D eigenvalue weighted by Gasteiger charge is 2.34. The molecule has 0 nitrogen and oxygen atoms in total. The summed E-state index contributed by atoms with van der Waals surface area (Å²) in [6.45, 7) is 22.2. The molecule has 0 heterocycles. The maximum Gasteiger partial charge on any atom is 0.176 e. The molecule has 0 spiro atoms. The Hall–Kier alpha value is -0.195. The third-order valence-corrected chi connectivity index (χ3v) is 5.23. The van der Waals surface area contributed by atoms with Crippen molar-refractivity contribution in [2.45, 2.75) is 93.2 Å². The zero-order chi connectivity index (χ0) is 15.9. The molecule has 2 atom stereocenters. The highest BCUT2D eigenvalue weighted by molar-refractivity contribution is 6.69. The number of hydrogen-bond acceptors (Lipinski definition) is 0. The molecule has 0 aromatic carbocycles. The van der Waals surface area contributed by atoms with Gasteiger partial charge in [-0.25, -0.2) is 0 Å². The van der Waals surface area contributed by atoms with Gasteiger partial charge in [-0.15, -0.1) is 5.47 Å². The maximum atomic E-state index is 2.58. The first-order valence-electron chi connectivity index (χ1n) is 8.93. The topological polar surface area (TPSA) is 0 Å². The summed E-state index contributed by atoms with van der Waals surface area (Å²) in [5.41, 5.74) is 1.72. The average molecular weight is 278 g/mol. The molecule has 0 aliphatic carbocycles. The minimum Gasteiger partial charge on any atom is -0.102 e. The molecular weight excluding hydrogens is 239 g/mol. The molecule has 0 aliphatic rings.